The number of nitrogens with two attached hydrogens (primary N) is 1. The lowest BCUT2D eigenvalue weighted by atomic mass is 10.2. The molecule has 0 unspecified atom stereocenters. The maximum atomic E-state index is 11.8. The third kappa shape index (κ3) is 2.49. The van der Waals surface area contributed by atoms with Crippen molar-refractivity contribution in [3.05, 3.63) is 45.3 Å². The van der Waals surface area contributed by atoms with Gasteiger partial charge in [0.1, 0.15) is 4.90 Å². The predicted octanol–water partition coefficient (Wildman–Crippen LogP) is 0.694. The zero-order valence-electron chi connectivity index (χ0n) is 11.2. The first-order valence-electron chi connectivity index (χ1n) is 6.05. The Balaban J connectivity index is 2.24. The van der Waals surface area contributed by atoms with E-state index in [1.165, 1.54) is 18.2 Å². The Bertz CT molecular complexity index is 1050. The number of aromatic nitrogens is 4. The van der Waals surface area contributed by atoms with E-state index >= 15 is 0 Å². The Labute approximate surface area is 129 Å². The zero-order chi connectivity index (χ0) is 16.1. The first kappa shape index (κ1) is 14.7. The maximum Gasteiger partial charge on any atom is 0.274 e. The van der Waals surface area contributed by atoms with Crippen molar-refractivity contribution in [2.24, 2.45) is 5.14 Å². The van der Waals surface area contributed by atoms with Crippen molar-refractivity contribution in [1.29, 1.82) is 0 Å². The summed E-state index contributed by atoms with van der Waals surface area (Å²) < 4.78 is 24.2. The largest absolute Gasteiger partial charge is 0.274 e. The van der Waals surface area contributed by atoms with Crippen LogP contribution in [0.1, 0.15) is 5.69 Å². The van der Waals surface area contributed by atoms with Gasteiger partial charge in [-0.15, -0.1) is 0 Å². The van der Waals surface area contributed by atoms with Crippen LogP contribution in [0.5, 0.6) is 0 Å². The molecule has 0 aliphatic heterocycles. The maximum absolute atomic E-state index is 11.8. The molecule has 3 aromatic rings. The molecule has 1 aromatic carbocycles. The molecule has 0 atom stereocenters. The summed E-state index contributed by atoms with van der Waals surface area (Å²) >= 11 is 5.84. The number of hydrogen-bond donors (Lipinski definition) is 2. The SMILES string of the molecule is Cc1cc(=O)n2[nH]c(-c3ccc(Cl)c(S(N)(=O)=O)c3)nc2n1. The molecule has 0 fully saturated rings. The van der Waals surface area contributed by atoms with Gasteiger partial charge in [0.15, 0.2) is 5.82 Å². The lowest BCUT2D eigenvalue weighted by molar-refractivity contribution is 0.598. The third-order valence-electron chi connectivity index (χ3n) is 2.97. The normalized spacial score (nSPS) is 12.0. The topological polar surface area (TPSA) is 123 Å². The highest BCUT2D eigenvalue weighted by atomic mass is 35.5. The number of nitrogens with one attached hydrogen (secondary N) is 1. The number of sulfonamides is 1. The van der Waals surface area contributed by atoms with E-state index in [9.17, 15) is 13.2 Å². The molecular weight excluding hydrogens is 330 g/mol. The van der Waals surface area contributed by atoms with Gasteiger partial charge in [-0.3, -0.25) is 9.89 Å². The van der Waals surface area contributed by atoms with Crippen molar-refractivity contribution in [3.63, 3.8) is 0 Å². The fourth-order valence-corrected chi connectivity index (χ4v) is 3.06. The van der Waals surface area contributed by atoms with Gasteiger partial charge >= 0.3 is 0 Å². The lowest BCUT2D eigenvalue weighted by Crippen LogP contribution is -2.14. The number of fused-ring (bicyclic) bond motifs is 1. The Kier molecular flexibility index (Phi) is 3.28. The summed E-state index contributed by atoms with van der Waals surface area (Å²) in [5.74, 6) is 0.462. The molecule has 3 N–H and O–H groups in total. The minimum atomic E-state index is -3.97. The quantitative estimate of drug-likeness (QED) is 0.711. The van der Waals surface area contributed by atoms with Gasteiger partial charge < -0.3 is 0 Å². The number of benzene rings is 1. The van der Waals surface area contributed by atoms with Crippen LogP contribution < -0.4 is 10.7 Å². The van der Waals surface area contributed by atoms with Crippen molar-refractivity contribution in [2.75, 3.05) is 0 Å². The molecule has 22 heavy (non-hydrogen) atoms. The Hall–Kier alpha value is -2.23. The van der Waals surface area contributed by atoms with Gasteiger partial charge in [-0.05, 0) is 25.1 Å². The number of halogens is 1. The Morgan fingerprint density at radius 2 is 2.00 bits per heavy atom. The molecular formula is C12H10ClN5O3S. The summed E-state index contributed by atoms with van der Waals surface area (Å²) in [5.41, 5.74) is 0.627. The number of H-pyrrole nitrogens is 1. The second kappa shape index (κ2) is 4.90. The molecule has 8 nitrogen and oxygen atoms in total. The Morgan fingerprint density at radius 1 is 1.27 bits per heavy atom. The Morgan fingerprint density at radius 3 is 2.68 bits per heavy atom. The summed E-state index contributed by atoms with van der Waals surface area (Å²) in [7, 11) is -3.97. The van der Waals surface area contributed by atoms with Crippen molar-refractivity contribution in [2.45, 2.75) is 11.8 Å². The summed E-state index contributed by atoms with van der Waals surface area (Å²) in [5, 5.41) is 7.88. The van der Waals surface area contributed by atoms with E-state index in [0.29, 0.717) is 11.3 Å². The van der Waals surface area contributed by atoms with Crippen LogP contribution in [-0.2, 0) is 10.0 Å². The van der Waals surface area contributed by atoms with Gasteiger partial charge in [0.05, 0.1) is 5.02 Å². The van der Waals surface area contributed by atoms with E-state index in [4.69, 9.17) is 16.7 Å². The average Bonchev–Trinajstić information content (AvgIpc) is 2.82. The molecule has 0 radical (unpaired) electrons. The second-order valence-electron chi connectivity index (χ2n) is 4.63. The summed E-state index contributed by atoms with van der Waals surface area (Å²) in [6.07, 6.45) is 0. The van der Waals surface area contributed by atoms with Crippen molar-refractivity contribution in [3.8, 4) is 11.4 Å². The van der Waals surface area contributed by atoms with Crippen LogP contribution in [0.3, 0.4) is 0 Å². The first-order chi connectivity index (χ1) is 10.3. The number of primary sulfonamides is 1. The predicted molar refractivity (Wildman–Crippen MR) is 80.2 cm³/mol. The molecule has 2 aromatic heterocycles. The third-order valence-corrected chi connectivity index (χ3v) is 4.36. The van der Waals surface area contributed by atoms with E-state index < -0.39 is 10.0 Å². The highest BCUT2D eigenvalue weighted by Gasteiger charge is 2.16. The average molecular weight is 340 g/mol. The fraction of sp³-hybridized carbons (Fsp3) is 0.0833. The highest BCUT2D eigenvalue weighted by Crippen LogP contribution is 2.25. The van der Waals surface area contributed by atoms with Gasteiger partial charge in [-0.2, -0.15) is 9.50 Å². The molecule has 0 saturated heterocycles. The number of hydrogen-bond acceptors (Lipinski definition) is 5. The van der Waals surface area contributed by atoms with Crippen LogP contribution in [-0.4, -0.2) is 28.0 Å². The molecule has 0 spiro atoms. The minimum Gasteiger partial charge on any atom is -0.271 e. The van der Waals surface area contributed by atoms with Gasteiger partial charge in [0.2, 0.25) is 10.0 Å². The number of nitrogens with zero attached hydrogens (tertiary/aromatic N) is 3. The molecule has 10 heteroatoms. The smallest absolute Gasteiger partial charge is 0.271 e. The number of aryl methyl sites for hydroxylation is 1. The standard InChI is InChI=1S/C12H10ClN5O3S/c1-6-4-10(19)18-12(15-6)16-11(17-18)7-2-3-8(13)9(5-7)22(14,20)21/h2-5H,1H3,(H2,14,20,21)(H,15,16,17). The molecule has 0 aliphatic rings. The van der Waals surface area contributed by atoms with E-state index in [-0.39, 0.29) is 27.1 Å². The summed E-state index contributed by atoms with van der Waals surface area (Å²) in [6, 6.07) is 5.59. The van der Waals surface area contributed by atoms with Crippen LogP contribution in [0.4, 0.5) is 0 Å². The van der Waals surface area contributed by atoms with Crippen molar-refractivity contribution >= 4 is 27.4 Å². The van der Waals surface area contributed by atoms with Crippen molar-refractivity contribution < 1.29 is 8.42 Å². The highest BCUT2D eigenvalue weighted by molar-refractivity contribution is 7.89. The molecule has 3 rings (SSSR count). The van der Waals surface area contributed by atoms with Crippen LogP contribution in [0.2, 0.25) is 5.02 Å². The zero-order valence-corrected chi connectivity index (χ0v) is 12.8. The molecule has 0 aliphatic carbocycles. The molecule has 0 bridgehead atoms. The lowest BCUT2D eigenvalue weighted by Gasteiger charge is -2.03. The van der Waals surface area contributed by atoms with Gasteiger partial charge in [-0.1, -0.05) is 11.6 Å². The van der Waals surface area contributed by atoms with Crippen molar-refractivity contribution in [1.82, 2.24) is 19.6 Å². The minimum absolute atomic E-state index is 0.00787. The van der Waals surface area contributed by atoms with E-state index in [2.05, 4.69) is 15.1 Å². The molecule has 114 valence electrons. The first-order valence-corrected chi connectivity index (χ1v) is 7.97. The number of rotatable bonds is 2. The van der Waals surface area contributed by atoms with Crippen LogP contribution in [0.15, 0.2) is 34.0 Å². The number of aromatic amines is 1. The van der Waals surface area contributed by atoms with Gasteiger partial charge in [-0.25, -0.2) is 18.5 Å². The molecule has 2 heterocycles. The molecule has 0 saturated carbocycles. The van der Waals surface area contributed by atoms with E-state index in [1.807, 2.05) is 0 Å². The van der Waals surface area contributed by atoms with E-state index in [0.717, 1.165) is 4.52 Å². The van der Waals surface area contributed by atoms with Gasteiger partial charge in [0.25, 0.3) is 11.3 Å². The van der Waals surface area contributed by atoms with E-state index in [1.54, 1.807) is 13.0 Å². The van der Waals surface area contributed by atoms with Gasteiger partial charge in [0, 0.05) is 17.3 Å². The fourth-order valence-electron chi connectivity index (χ4n) is 1.99. The van der Waals surface area contributed by atoms with Crippen LogP contribution in [0.25, 0.3) is 17.2 Å². The van der Waals surface area contributed by atoms with Crippen LogP contribution >= 0.6 is 11.6 Å². The molecule has 0 amide bonds. The van der Waals surface area contributed by atoms with Crippen LogP contribution in [0, 0.1) is 6.92 Å². The second-order valence-corrected chi connectivity index (χ2v) is 6.57. The summed E-state index contributed by atoms with van der Waals surface area (Å²) in [4.78, 5) is 19.9. The monoisotopic (exact) mass is 339 g/mol. The summed E-state index contributed by atoms with van der Waals surface area (Å²) in [6.45, 7) is 1.68.